The Balaban J connectivity index is 2.09. The topological polar surface area (TPSA) is 70.5 Å². The maximum absolute atomic E-state index is 9.27. The highest BCUT2D eigenvalue weighted by Gasteiger charge is 2.24. The number of rotatable bonds is 4. The summed E-state index contributed by atoms with van der Waals surface area (Å²) in [5, 5.41) is 12.3. The molecule has 1 atom stereocenters. The minimum Gasteiger partial charge on any atom is -0.394 e. The van der Waals surface area contributed by atoms with Gasteiger partial charge in [0.25, 0.3) is 0 Å². The van der Waals surface area contributed by atoms with Gasteiger partial charge in [-0.25, -0.2) is 9.97 Å². The lowest BCUT2D eigenvalue weighted by atomic mass is 10.2. The lowest BCUT2D eigenvalue weighted by molar-refractivity contribution is 0.0718. The van der Waals surface area contributed by atoms with E-state index < -0.39 is 0 Å². The molecule has 94 valence electrons. The highest BCUT2D eigenvalue weighted by atomic mass is 16.5. The number of aliphatic hydroxyl groups excluding tert-OH is 1. The van der Waals surface area contributed by atoms with Crippen LogP contribution in [-0.2, 0) is 11.3 Å². The number of anilines is 1. The number of morpholine rings is 1. The first-order valence-corrected chi connectivity index (χ1v) is 5.76. The van der Waals surface area contributed by atoms with Crippen LogP contribution >= 0.6 is 0 Å². The van der Waals surface area contributed by atoms with E-state index in [0.29, 0.717) is 19.2 Å². The van der Waals surface area contributed by atoms with Crippen molar-refractivity contribution in [3.8, 4) is 0 Å². The van der Waals surface area contributed by atoms with Crippen LogP contribution in [0.25, 0.3) is 0 Å². The van der Waals surface area contributed by atoms with Crippen molar-refractivity contribution in [1.82, 2.24) is 15.3 Å². The van der Waals surface area contributed by atoms with Gasteiger partial charge in [-0.15, -0.1) is 0 Å². The zero-order valence-corrected chi connectivity index (χ0v) is 9.96. The molecule has 0 bridgehead atoms. The fourth-order valence-electron chi connectivity index (χ4n) is 1.86. The monoisotopic (exact) mass is 238 g/mol. The van der Waals surface area contributed by atoms with E-state index in [0.717, 1.165) is 18.7 Å². The quantitative estimate of drug-likeness (QED) is 0.729. The molecule has 0 aliphatic carbocycles. The van der Waals surface area contributed by atoms with Gasteiger partial charge in [0.2, 0.25) is 5.95 Å². The Bertz CT molecular complexity index is 344. The van der Waals surface area contributed by atoms with E-state index in [1.165, 1.54) is 0 Å². The number of hydrogen-bond donors (Lipinski definition) is 2. The summed E-state index contributed by atoms with van der Waals surface area (Å²) in [6.45, 7) is 2.71. The second-order valence-electron chi connectivity index (χ2n) is 4.03. The van der Waals surface area contributed by atoms with Crippen molar-refractivity contribution in [3.63, 3.8) is 0 Å². The van der Waals surface area contributed by atoms with Crippen LogP contribution in [0, 0.1) is 0 Å². The molecule has 1 unspecified atom stereocenters. The SMILES string of the molecule is CNCc1cnc(N2CCOCC2CO)nc1. The van der Waals surface area contributed by atoms with E-state index in [9.17, 15) is 5.11 Å². The Hall–Kier alpha value is -1.24. The summed E-state index contributed by atoms with van der Waals surface area (Å²) in [6.07, 6.45) is 3.62. The Morgan fingerprint density at radius 1 is 1.53 bits per heavy atom. The molecule has 0 radical (unpaired) electrons. The molecule has 0 aromatic carbocycles. The van der Waals surface area contributed by atoms with E-state index in [4.69, 9.17) is 4.74 Å². The van der Waals surface area contributed by atoms with Crippen LogP contribution in [0.2, 0.25) is 0 Å². The third-order valence-electron chi connectivity index (χ3n) is 2.77. The van der Waals surface area contributed by atoms with Gasteiger partial charge in [0.1, 0.15) is 0 Å². The molecule has 0 spiro atoms. The molecule has 6 nitrogen and oxygen atoms in total. The highest BCUT2D eigenvalue weighted by molar-refractivity contribution is 5.32. The van der Waals surface area contributed by atoms with Crippen LogP contribution in [0.15, 0.2) is 12.4 Å². The summed E-state index contributed by atoms with van der Waals surface area (Å²) in [7, 11) is 1.89. The number of nitrogens with one attached hydrogen (secondary N) is 1. The predicted octanol–water partition coefficient (Wildman–Crippen LogP) is -0.606. The van der Waals surface area contributed by atoms with Gasteiger partial charge in [-0.05, 0) is 7.05 Å². The second-order valence-corrected chi connectivity index (χ2v) is 4.03. The van der Waals surface area contributed by atoms with Crippen LogP contribution in [-0.4, -0.2) is 54.5 Å². The van der Waals surface area contributed by atoms with Crippen LogP contribution < -0.4 is 10.2 Å². The maximum Gasteiger partial charge on any atom is 0.225 e. The first kappa shape index (κ1) is 12.2. The molecule has 0 amide bonds. The van der Waals surface area contributed by atoms with Gasteiger partial charge < -0.3 is 20.1 Å². The van der Waals surface area contributed by atoms with Crippen molar-refractivity contribution in [3.05, 3.63) is 18.0 Å². The minimum atomic E-state index is -0.0427. The Kier molecular flexibility index (Phi) is 4.24. The Morgan fingerprint density at radius 2 is 2.29 bits per heavy atom. The van der Waals surface area contributed by atoms with Crippen molar-refractivity contribution in [1.29, 1.82) is 0 Å². The summed E-state index contributed by atoms with van der Waals surface area (Å²) in [4.78, 5) is 10.6. The third kappa shape index (κ3) is 2.91. The molecule has 2 N–H and O–H groups in total. The molecule has 6 heteroatoms. The van der Waals surface area contributed by atoms with E-state index in [1.807, 2.05) is 24.3 Å². The van der Waals surface area contributed by atoms with Gasteiger partial charge in [0, 0.05) is 31.0 Å². The van der Waals surface area contributed by atoms with Crippen molar-refractivity contribution < 1.29 is 9.84 Å². The molecule has 1 aliphatic heterocycles. The normalized spacial score (nSPS) is 20.6. The van der Waals surface area contributed by atoms with Crippen molar-refractivity contribution in [2.75, 3.05) is 38.3 Å². The molecule has 0 saturated carbocycles. The number of ether oxygens (including phenoxy) is 1. The third-order valence-corrected chi connectivity index (χ3v) is 2.77. The average molecular weight is 238 g/mol. The van der Waals surface area contributed by atoms with Crippen molar-refractivity contribution >= 4 is 5.95 Å². The average Bonchev–Trinajstić information content (AvgIpc) is 2.40. The zero-order valence-electron chi connectivity index (χ0n) is 9.96. The van der Waals surface area contributed by atoms with Crippen LogP contribution in [0.4, 0.5) is 5.95 Å². The molecule has 1 saturated heterocycles. The van der Waals surface area contributed by atoms with Crippen molar-refractivity contribution in [2.45, 2.75) is 12.6 Å². The number of aliphatic hydroxyl groups is 1. The zero-order chi connectivity index (χ0) is 12.1. The summed E-state index contributed by atoms with van der Waals surface area (Å²) in [5.74, 6) is 0.659. The Labute approximate surface area is 101 Å². The molecule has 2 rings (SSSR count). The van der Waals surface area contributed by atoms with E-state index >= 15 is 0 Å². The molecule has 1 fully saturated rings. The molecule has 1 aliphatic rings. The first-order valence-electron chi connectivity index (χ1n) is 5.76. The molecule has 2 heterocycles. The fraction of sp³-hybridized carbons (Fsp3) is 0.636. The highest BCUT2D eigenvalue weighted by Crippen LogP contribution is 2.14. The van der Waals surface area contributed by atoms with Gasteiger partial charge in [-0.2, -0.15) is 0 Å². The summed E-state index contributed by atoms with van der Waals surface area (Å²) >= 11 is 0. The van der Waals surface area contributed by atoms with Crippen LogP contribution in [0.1, 0.15) is 5.56 Å². The smallest absolute Gasteiger partial charge is 0.225 e. The standard InChI is InChI=1S/C11H18N4O2/c1-12-4-9-5-13-11(14-6-9)15-2-3-17-8-10(15)7-16/h5-6,10,12,16H,2-4,7-8H2,1H3. The number of hydrogen-bond acceptors (Lipinski definition) is 6. The van der Waals surface area contributed by atoms with Gasteiger partial charge >= 0.3 is 0 Å². The minimum absolute atomic E-state index is 0.0427. The second kappa shape index (κ2) is 5.90. The van der Waals surface area contributed by atoms with E-state index in [2.05, 4.69) is 15.3 Å². The first-order chi connectivity index (χ1) is 8.35. The van der Waals surface area contributed by atoms with Gasteiger partial charge in [-0.1, -0.05) is 0 Å². The van der Waals surface area contributed by atoms with Gasteiger partial charge in [0.05, 0.1) is 25.9 Å². The lowest BCUT2D eigenvalue weighted by Crippen LogP contribution is -2.48. The van der Waals surface area contributed by atoms with E-state index in [-0.39, 0.29) is 12.6 Å². The molecule has 1 aromatic rings. The molecule has 1 aromatic heterocycles. The number of aromatic nitrogens is 2. The summed E-state index contributed by atoms with van der Waals surface area (Å²) < 4.78 is 5.32. The molecular formula is C11H18N4O2. The van der Waals surface area contributed by atoms with Crippen LogP contribution in [0.5, 0.6) is 0 Å². The molecule has 17 heavy (non-hydrogen) atoms. The Morgan fingerprint density at radius 3 is 2.94 bits per heavy atom. The lowest BCUT2D eigenvalue weighted by Gasteiger charge is -2.34. The van der Waals surface area contributed by atoms with Gasteiger partial charge in [0.15, 0.2) is 0 Å². The molecular weight excluding hydrogens is 220 g/mol. The van der Waals surface area contributed by atoms with Gasteiger partial charge in [-0.3, -0.25) is 0 Å². The summed E-state index contributed by atoms with van der Waals surface area (Å²) in [6, 6.07) is -0.0427. The maximum atomic E-state index is 9.27. The van der Waals surface area contributed by atoms with Crippen LogP contribution in [0.3, 0.4) is 0 Å². The largest absolute Gasteiger partial charge is 0.394 e. The van der Waals surface area contributed by atoms with Crippen molar-refractivity contribution in [2.24, 2.45) is 0 Å². The predicted molar refractivity (Wildman–Crippen MR) is 63.8 cm³/mol. The number of nitrogens with zero attached hydrogens (tertiary/aromatic N) is 3. The summed E-state index contributed by atoms with van der Waals surface area (Å²) in [5.41, 5.74) is 1.05. The fourth-order valence-corrected chi connectivity index (χ4v) is 1.86. The van der Waals surface area contributed by atoms with E-state index in [1.54, 1.807) is 0 Å².